The smallest absolute Gasteiger partial charge is 0.311 e. The van der Waals surface area contributed by atoms with E-state index in [0.717, 1.165) is 12.8 Å². The third-order valence-electron chi connectivity index (χ3n) is 4.21. The Morgan fingerprint density at radius 3 is 2.71 bits per heavy atom. The van der Waals surface area contributed by atoms with Crippen molar-refractivity contribution in [3.63, 3.8) is 0 Å². The van der Waals surface area contributed by atoms with Crippen LogP contribution < -0.4 is 5.32 Å². The molecule has 21 heavy (non-hydrogen) atoms. The summed E-state index contributed by atoms with van der Waals surface area (Å²) in [6.07, 6.45) is 2.96. The average Bonchev–Trinajstić information content (AvgIpc) is 2.44. The number of phenolic OH excluding ortho intramolecular Hbond substituents is 1. The highest BCUT2D eigenvalue weighted by Crippen LogP contribution is 2.36. The standard InChI is InChI=1S/C15H18BrNO4/c1-15(14(20)21)7-3-2-4-12(15)17-13(19)9-5-6-10(16)11(18)8-9/h5-6,8,12,18H,2-4,7H2,1H3,(H,17,19)(H,20,21). The Bertz CT molecular complexity index is 575. The Morgan fingerprint density at radius 1 is 1.38 bits per heavy atom. The molecule has 1 amide bonds. The summed E-state index contributed by atoms with van der Waals surface area (Å²) in [5.74, 6) is -1.27. The van der Waals surface area contributed by atoms with Gasteiger partial charge < -0.3 is 15.5 Å². The number of carbonyl (C=O) groups excluding carboxylic acids is 1. The van der Waals surface area contributed by atoms with Crippen molar-refractivity contribution in [3.05, 3.63) is 28.2 Å². The first-order valence-corrected chi connectivity index (χ1v) is 7.66. The summed E-state index contributed by atoms with van der Waals surface area (Å²) in [5, 5.41) is 21.9. The molecule has 1 aromatic carbocycles. The van der Waals surface area contributed by atoms with Gasteiger partial charge in [0.2, 0.25) is 0 Å². The third kappa shape index (κ3) is 3.20. The Hall–Kier alpha value is -1.56. The molecule has 0 saturated heterocycles. The summed E-state index contributed by atoms with van der Waals surface area (Å²) >= 11 is 3.15. The molecular weight excluding hydrogens is 338 g/mol. The minimum atomic E-state index is -0.939. The van der Waals surface area contributed by atoms with E-state index >= 15 is 0 Å². The highest BCUT2D eigenvalue weighted by molar-refractivity contribution is 9.10. The molecule has 1 aliphatic rings. The fourth-order valence-corrected chi connectivity index (χ4v) is 2.96. The van der Waals surface area contributed by atoms with E-state index in [9.17, 15) is 19.8 Å². The predicted octanol–water partition coefficient (Wildman–Crippen LogP) is 2.92. The lowest BCUT2D eigenvalue weighted by Crippen LogP contribution is -2.52. The summed E-state index contributed by atoms with van der Waals surface area (Å²) in [4.78, 5) is 23.8. The zero-order valence-electron chi connectivity index (χ0n) is 11.7. The predicted molar refractivity (Wildman–Crippen MR) is 81.3 cm³/mol. The quantitative estimate of drug-likeness (QED) is 0.777. The van der Waals surface area contributed by atoms with Gasteiger partial charge >= 0.3 is 5.97 Å². The number of phenols is 1. The molecule has 0 spiro atoms. The lowest BCUT2D eigenvalue weighted by Gasteiger charge is -2.38. The molecule has 2 atom stereocenters. The number of carbonyl (C=O) groups is 2. The van der Waals surface area contributed by atoms with E-state index < -0.39 is 17.4 Å². The molecule has 0 aliphatic heterocycles. The van der Waals surface area contributed by atoms with Crippen molar-refractivity contribution in [2.75, 3.05) is 0 Å². The second-order valence-corrected chi connectivity index (χ2v) is 6.51. The molecule has 6 heteroatoms. The molecule has 1 saturated carbocycles. The normalized spacial score (nSPS) is 25.3. The van der Waals surface area contributed by atoms with Gasteiger partial charge in [-0.15, -0.1) is 0 Å². The van der Waals surface area contributed by atoms with Crippen molar-refractivity contribution in [1.29, 1.82) is 0 Å². The first-order valence-electron chi connectivity index (χ1n) is 6.87. The molecule has 0 radical (unpaired) electrons. The van der Waals surface area contributed by atoms with Crippen LogP contribution >= 0.6 is 15.9 Å². The minimum Gasteiger partial charge on any atom is -0.507 e. The van der Waals surface area contributed by atoms with E-state index in [1.165, 1.54) is 6.07 Å². The van der Waals surface area contributed by atoms with Crippen LogP contribution in [0.2, 0.25) is 0 Å². The summed E-state index contributed by atoms with van der Waals surface area (Å²) in [7, 11) is 0. The van der Waals surface area contributed by atoms with Crippen LogP contribution in [-0.4, -0.2) is 28.1 Å². The molecule has 5 nitrogen and oxygen atoms in total. The number of halogens is 1. The van der Waals surface area contributed by atoms with E-state index in [4.69, 9.17) is 0 Å². The van der Waals surface area contributed by atoms with Crippen molar-refractivity contribution in [1.82, 2.24) is 5.32 Å². The number of aromatic hydroxyl groups is 1. The molecule has 0 heterocycles. The summed E-state index contributed by atoms with van der Waals surface area (Å²) < 4.78 is 0.507. The van der Waals surface area contributed by atoms with Crippen LogP contribution in [0.5, 0.6) is 5.75 Å². The SMILES string of the molecule is CC1(C(=O)O)CCCCC1NC(=O)c1ccc(Br)c(O)c1. The molecular formula is C15H18BrNO4. The fourth-order valence-electron chi connectivity index (χ4n) is 2.72. The van der Waals surface area contributed by atoms with Crippen molar-refractivity contribution in [2.24, 2.45) is 5.41 Å². The highest BCUT2D eigenvalue weighted by Gasteiger charge is 2.43. The van der Waals surface area contributed by atoms with Gasteiger partial charge in [0.25, 0.3) is 5.91 Å². The number of benzene rings is 1. The van der Waals surface area contributed by atoms with Crippen molar-refractivity contribution in [3.8, 4) is 5.75 Å². The molecule has 1 aliphatic carbocycles. The molecule has 0 aromatic heterocycles. The van der Waals surface area contributed by atoms with Gasteiger partial charge in [-0.1, -0.05) is 12.8 Å². The number of rotatable bonds is 3. The zero-order valence-corrected chi connectivity index (χ0v) is 13.3. The summed E-state index contributed by atoms with van der Waals surface area (Å²) in [6.45, 7) is 1.68. The lowest BCUT2D eigenvalue weighted by molar-refractivity contribution is -0.151. The third-order valence-corrected chi connectivity index (χ3v) is 4.88. The fraction of sp³-hybridized carbons (Fsp3) is 0.467. The van der Waals surface area contributed by atoms with Crippen LogP contribution in [0.1, 0.15) is 43.0 Å². The number of hydrogen-bond donors (Lipinski definition) is 3. The van der Waals surface area contributed by atoms with Crippen molar-refractivity contribution in [2.45, 2.75) is 38.6 Å². The number of aliphatic carboxylic acids is 1. The molecule has 1 fully saturated rings. The van der Waals surface area contributed by atoms with E-state index in [2.05, 4.69) is 21.2 Å². The Balaban J connectivity index is 2.17. The van der Waals surface area contributed by atoms with E-state index in [1.807, 2.05) is 0 Å². The Labute approximate surface area is 131 Å². The maximum absolute atomic E-state index is 12.3. The van der Waals surface area contributed by atoms with Gasteiger partial charge in [0, 0.05) is 11.6 Å². The summed E-state index contributed by atoms with van der Waals surface area (Å²) in [5.41, 5.74) is -0.625. The monoisotopic (exact) mass is 355 g/mol. The van der Waals surface area contributed by atoms with Crippen LogP contribution in [0.15, 0.2) is 22.7 Å². The first-order chi connectivity index (χ1) is 9.84. The second kappa shape index (κ2) is 6.05. The molecule has 0 bridgehead atoms. The van der Waals surface area contributed by atoms with Crippen LogP contribution in [0, 0.1) is 5.41 Å². The van der Waals surface area contributed by atoms with Gasteiger partial charge in [0.05, 0.1) is 9.89 Å². The number of hydrogen-bond acceptors (Lipinski definition) is 3. The van der Waals surface area contributed by atoms with E-state index in [1.54, 1.807) is 19.1 Å². The van der Waals surface area contributed by atoms with Crippen molar-refractivity contribution >= 4 is 27.8 Å². The van der Waals surface area contributed by atoms with Gasteiger partial charge in [-0.25, -0.2) is 0 Å². The largest absolute Gasteiger partial charge is 0.507 e. The number of amides is 1. The lowest BCUT2D eigenvalue weighted by atomic mass is 9.71. The molecule has 2 rings (SSSR count). The molecule has 3 N–H and O–H groups in total. The second-order valence-electron chi connectivity index (χ2n) is 5.66. The minimum absolute atomic E-state index is 0.0210. The van der Waals surface area contributed by atoms with Crippen LogP contribution in [0.4, 0.5) is 0 Å². The van der Waals surface area contributed by atoms with Gasteiger partial charge in [-0.05, 0) is 53.9 Å². The van der Waals surface area contributed by atoms with Crippen LogP contribution in [0.3, 0.4) is 0 Å². The maximum atomic E-state index is 12.3. The zero-order chi connectivity index (χ0) is 15.6. The Morgan fingerprint density at radius 2 is 2.10 bits per heavy atom. The number of carboxylic acids is 1. The van der Waals surface area contributed by atoms with Gasteiger partial charge in [-0.2, -0.15) is 0 Å². The van der Waals surface area contributed by atoms with Crippen LogP contribution in [-0.2, 0) is 4.79 Å². The van der Waals surface area contributed by atoms with Crippen molar-refractivity contribution < 1.29 is 19.8 Å². The average molecular weight is 356 g/mol. The summed E-state index contributed by atoms with van der Waals surface area (Å²) in [6, 6.07) is 4.13. The number of carboxylic acid groups (broad SMARTS) is 1. The van der Waals surface area contributed by atoms with E-state index in [-0.39, 0.29) is 11.7 Å². The van der Waals surface area contributed by atoms with Crippen LogP contribution in [0.25, 0.3) is 0 Å². The van der Waals surface area contributed by atoms with Gasteiger partial charge in [-0.3, -0.25) is 9.59 Å². The van der Waals surface area contributed by atoms with Gasteiger partial charge in [0.15, 0.2) is 0 Å². The van der Waals surface area contributed by atoms with E-state index in [0.29, 0.717) is 22.9 Å². The maximum Gasteiger partial charge on any atom is 0.311 e. The molecule has 1 aromatic rings. The molecule has 2 unspecified atom stereocenters. The first kappa shape index (κ1) is 15.8. The molecule has 114 valence electrons. The highest BCUT2D eigenvalue weighted by atomic mass is 79.9. The topological polar surface area (TPSA) is 86.6 Å². The number of nitrogens with one attached hydrogen (secondary N) is 1. The van der Waals surface area contributed by atoms with Gasteiger partial charge in [0.1, 0.15) is 5.75 Å². The Kier molecular flexibility index (Phi) is 4.56.